The van der Waals surface area contributed by atoms with Gasteiger partial charge in [0.1, 0.15) is 18.4 Å². The molecule has 1 aliphatic carbocycles. The summed E-state index contributed by atoms with van der Waals surface area (Å²) >= 11 is 18.2. The summed E-state index contributed by atoms with van der Waals surface area (Å²) < 4.78 is 39.6. The Balaban J connectivity index is 1.92. The van der Waals surface area contributed by atoms with Crippen LogP contribution in [0.25, 0.3) is 0 Å². The Kier molecular flexibility index (Phi) is 9.49. The molecule has 3 rings (SSSR count). The number of carbonyl (C=O) groups is 2. The first-order chi connectivity index (χ1) is 16.9. The predicted molar refractivity (Wildman–Crippen MR) is 140 cm³/mol. The number of benzene rings is 2. The lowest BCUT2D eigenvalue weighted by Crippen LogP contribution is -2.52. The van der Waals surface area contributed by atoms with Gasteiger partial charge in [0.2, 0.25) is 21.8 Å². The second-order valence-corrected chi connectivity index (χ2v) is 11.9. The molecule has 196 valence electrons. The maximum atomic E-state index is 13.7. The summed E-state index contributed by atoms with van der Waals surface area (Å²) in [4.78, 5) is 27.9. The van der Waals surface area contributed by atoms with Crippen molar-refractivity contribution in [3.05, 3.63) is 62.8 Å². The third-order valence-corrected chi connectivity index (χ3v) is 8.11. The van der Waals surface area contributed by atoms with E-state index in [1.807, 2.05) is 0 Å². The van der Waals surface area contributed by atoms with Gasteiger partial charge in [-0.1, -0.05) is 53.7 Å². The van der Waals surface area contributed by atoms with Crippen LogP contribution < -0.4 is 9.62 Å². The van der Waals surface area contributed by atoms with E-state index in [-0.39, 0.29) is 29.2 Å². The number of sulfonamides is 1. The predicted octanol–water partition coefficient (Wildman–Crippen LogP) is 5.03. The van der Waals surface area contributed by atoms with Crippen LogP contribution in [0.5, 0.6) is 0 Å². The van der Waals surface area contributed by atoms with E-state index in [0.717, 1.165) is 48.4 Å². The highest BCUT2D eigenvalue weighted by Crippen LogP contribution is 2.27. The Bertz CT molecular complexity index is 1240. The summed E-state index contributed by atoms with van der Waals surface area (Å²) in [6, 6.07) is 7.23. The number of hydrogen-bond donors (Lipinski definition) is 1. The maximum Gasteiger partial charge on any atom is 0.244 e. The van der Waals surface area contributed by atoms with Crippen LogP contribution in [0.3, 0.4) is 0 Å². The van der Waals surface area contributed by atoms with Crippen molar-refractivity contribution in [1.29, 1.82) is 0 Å². The molecule has 0 saturated heterocycles. The average molecular weight is 579 g/mol. The largest absolute Gasteiger partial charge is 0.352 e. The minimum atomic E-state index is -3.97. The molecule has 2 aromatic rings. The van der Waals surface area contributed by atoms with Crippen LogP contribution in [0.4, 0.5) is 10.1 Å². The fourth-order valence-electron chi connectivity index (χ4n) is 4.06. The molecule has 1 saturated carbocycles. The first-order valence-electron chi connectivity index (χ1n) is 11.3. The van der Waals surface area contributed by atoms with Crippen LogP contribution >= 0.6 is 34.8 Å². The smallest absolute Gasteiger partial charge is 0.244 e. The lowest BCUT2D eigenvalue weighted by molar-refractivity contribution is -0.139. The van der Waals surface area contributed by atoms with Gasteiger partial charge in [-0.15, -0.1) is 0 Å². The molecular formula is C24H27Cl3FN3O4S. The van der Waals surface area contributed by atoms with Gasteiger partial charge < -0.3 is 10.2 Å². The lowest BCUT2D eigenvalue weighted by atomic mass is 10.1. The summed E-state index contributed by atoms with van der Waals surface area (Å²) in [5.41, 5.74) is 0.551. The van der Waals surface area contributed by atoms with E-state index < -0.39 is 34.3 Å². The lowest BCUT2D eigenvalue weighted by Gasteiger charge is -2.32. The molecule has 1 fully saturated rings. The van der Waals surface area contributed by atoms with Gasteiger partial charge in [0.05, 0.1) is 17.0 Å². The van der Waals surface area contributed by atoms with E-state index in [1.54, 1.807) is 19.1 Å². The fraction of sp³-hybridized carbons (Fsp3) is 0.417. The van der Waals surface area contributed by atoms with Gasteiger partial charge >= 0.3 is 0 Å². The molecule has 1 N–H and O–H groups in total. The van der Waals surface area contributed by atoms with Gasteiger partial charge in [0, 0.05) is 22.6 Å². The Labute approximate surface area is 225 Å². The number of hydrogen-bond acceptors (Lipinski definition) is 4. The Morgan fingerprint density at radius 3 is 2.33 bits per heavy atom. The SMILES string of the molecule is C[C@H](C(=O)NC1CCCC1)N(Cc1ccc(Cl)cc1Cl)C(=O)CN(c1ccc(F)c(Cl)c1)S(C)(=O)=O. The molecule has 0 aliphatic heterocycles. The van der Waals surface area contributed by atoms with Crippen molar-refractivity contribution in [3.63, 3.8) is 0 Å². The molecule has 0 bridgehead atoms. The molecule has 0 heterocycles. The highest BCUT2D eigenvalue weighted by atomic mass is 35.5. The number of rotatable bonds is 9. The Morgan fingerprint density at radius 1 is 1.08 bits per heavy atom. The molecule has 12 heteroatoms. The minimum absolute atomic E-state index is 0.0183. The quantitative estimate of drug-likeness (QED) is 0.452. The van der Waals surface area contributed by atoms with Gasteiger partial charge in [0.25, 0.3) is 0 Å². The number of nitrogens with zero attached hydrogens (tertiary/aromatic N) is 2. The van der Waals surface area contributed by atoms with Crippen LogP contribution in [-0.4, -0.2) is 50.0 Å². The number of halogens is 4. The van der Waals surface area contributed by atoms with E-state index >= 15 is 0 Å². The van der Waals surface area contributed by atoms with Crippen molar-refractivity contribution in [2.45, 2.75) is 51.2 Å². The van der Waals surface area contributed by atoms with E-state index in [1.165, 1.54) is 17.0 Å². The van der Waals surface area contributed by atoms with Crippen molar-refractivity contribution >= 4 is 62.3 Å². The summed E-state index contributed by atoms with van der Waals surface area (Å²) in [5, 5.41) is 3.39. The van der Waals surface area contributed by atoms with E-state index in [2.05, 4.69) is 5.32 Å². The molecule has 2 amide bonds. The normalized spacial score (nSPS) is 14.9. The van der Waals surface area contributed by atoms with Crippen LogP contribution in [0.2, 0.25) is 15.1 Å². The van der Waals surface area contributed by atoms with Crippen molar-refractivity contribution in [3.8, 4) is 0 Å². The Morgan fingerprint density at radius 2 is 1.75 bits per heavy atom. The molecular weight excluding hydrogens is 552 g/mol. The average Bonchev–Trinajstić information content (AvgIpc) is 3.30. The number of nitrogens with one attached hydrogen (secondary N) is 1. The second kappa shape index (κ2) is 12.0. The number of amides is 2. The van der Waals surface area contributed by atoms with Gasteiger partial charge in [-0.25, -0.2) is 12.8 Å². The van der Waals surface area contributed by atoms with Gasteiger partial charge in [-0.3, -0.25) is 13.9 Å². The molecule has 1 atom stereocenters. The maximum absolute atomic E-state index is 13.7. The van der Waals surface area contributed by atoms with Crippen molar-refractivity contribution in [2.24, 2.45) is 0 Å². The molecule has 0 unspecified atom stereocenters. The van der Waals surface area contributed by atoms with E-state index in [4.69, 9.17) is 34.8 Å². The first-order valence-corrected chi connectivity index (χ1v) is 14.3. The topological polar surface area (TPSA) is 86.8 Å². The van der Waals surface area contributed by atoms with Gasteiger partial charge in [0.15, 0.2) is 0 Å². The molecule has 36 heavy (non-hydrogen) atoms. The zero-order valence-corrected chi connectivity index (χ0v) is 22.9. The zero-order valence-electron chi connectivity index (χ0n) is 19.8. The highest BCUT2D eigenvalue weighted by molar-refractivity contribution is 7.92. The number of carbonyl (C=O) groups excluding carboxylic acids is 2. The van der Waals surface area contributed by atoms with Crippen molar-refractivity contribution in [1.82, 2.24) is 10.2 Å². The van der Waals surface area contributed by atoms with Gasteiger partial charge in [-0.05, 0) is 55.7 Å². The summed E-state index contributed by atoms with van der Waals surface area (Å²) in [7, 11) is -3.97. The van der Waals surface area contributed by atoms with E-state index in [0.29, 0.717) is 15.6 Å². The summed E-state index contributed by atoms with van der Waals surface area (Å²) in [5.74, 6) is -1.73. The van der Waals surface area contributed by atoms with Crippen molar-refractivity contribution in [2.75, 3.05) is 17.1 Å². The second-order valence-electron chi connectivity index (χ2n) is 8.79. The minimum Gasteiger partial charge on any atom is -0.352 e. The molecule has 0 aromatic heterocycles. The third-order valence-electron chi connectivity index (χ3n) is 6.10. The van der Waals surface area contributed by atoms with Crippen LogP contribution in [0.1, 0.15) is 38.2 Å². The van der Waals surface area contributed by atoms with Crippen molar-refractivity contribution < 1.29 is 22.4 Å². The fourth-order valence-corrected chi connectivity index (χ4v) is 5.55. The highest BCUT2D eigenvalue weighted by Gasteiger charge is 2.32. The van der Waals surface area contributed by atoms with Crippen LogP contribution in [-0.2, 0) is 26.2 Å². The third kappa shape index (κ3) is 7.25. The first kappa shape index (κ1) is 28.5. The molecule has 2 aromatic carbocycles. The number of anilines is 1. The standard InChI is InChI=1S/C24H27Cl3FN3O4S/c1-15(24(33)29-18-5-3-4-6-18)30(13-16-7-8-17(25)11-20(16)26)23(32)14-31(36(2,34)35)19-9-10-22(28)21(27)12-19/h7-12,15,18H,3-6,13-14H2,1-2H3,(H,29,33)/t15-/m1/s1. The molecule has 0 radical (unpaired) electrons. The summed E-state index contributed by atoms with van der Waals surface area (Å²) in [6.45, 7) is 0.883. The zero-order chi connectivity index (χ0) is 26.6. The van der Waals surface area contributed by atoms with Gasteiger partial charge in [-0.2, -0.15) is 0 Å². The molecule has 7 nitrogen and oxygen atoms in total. The molecule has 1 aliphatic rings. The van der Waals surface area contributed by atoms with E-state index in [9.17, 15) is 22.4 Å². The van der Waals surface area contributed by atoms with Crippen LogP contribution in [0, 0.1) is 5.82 Å². The molecule has 0 spiro atoms. The monoisotopic (exact) mass is 577 g/mol. The Hall–Kier alpha value is -2.07. The van der Waals surface area contributed by atoms with Crippen LogP contribution in [0.15, 0.2) is 36.4 Å². The summed E-state index contributed by atoms with van der Waals surface area (Å²) in [6.07, 6.45) is 4.69.